The van der Waals surface area contributed by atoms with Crippen molar-refractivity contribution in [2.45, 2.75) is 25.9 Å². The Balaban J connectivity index is 0.00000240. The average molecular weight is 465 g/mol. The van der Waals surface area contributed by atoms with E-state index in [0.717, 1.165) is 18.3 Å². The zero-order valence-electron chi connectivity index (χ0n) is 16.9. The molecule has 0 fully saturated rings. The fraction of sp³-hybridized carbons (Fsp3) is 0.200. The van der Waals surface area contributed by atoms with Crippen molar-refractivity contribution in [3.05, 3.63) is 91.0 Å². The van der Waals surface area contributed by atoms with Crippen LogP contribution < -0.4 is 32.9 Å². The van der Waals surface area contributed by atoms with E-state index in [2.05, 4.69) is 105 Å². The zero-order chi connectivity index (χ0) is 19.5. The highest BCUT2D eigenvalue weighted by Gasteiger charge is 2.52. The van der Waals surface area contributed by atoms with Crippen LogP contribution in [0.2, 0.25) is 0 Å². The van der Waals surface area contributed by atoms with E-state index in [1.54, 1.807) is 0 Å². The Labute approximate surface area is 184 Å². The van der Waals surface area contributed by atoms with Gasteiger partial charge in [0.15, 0.2) is 5.66 Å². The predicted molar refractivity (Wildman–Crippen MR) is 125 cm³/mol. The molecule has 0 amide bonds. The van der Waals surface area contributed by atoms with Crippen LogP contribution in [0.5, 0.6) is 0 Å². The second-order valence-corrected chi connectivity index (χ2v) is 10.8. The van der Waals surface area contributed by atoms with Gasteiger partial charge in [-0.25, -0.2) is 0 Å². The maximum absolute atomic E-state index is 5.02. The molecule has 0 spiro atoms. The second kappa shape index (κ2) is 9.15. The van der Waals surface area contributed by atoms with Crippen molar-refractivity contribution in [3.8, 4) is 0 Å². The van der Waals surface area contributed by atoms with Gasteiger partial charge in [-0.05, 0) is 49.7 Å². The Hall–Kier alpha value is -2.09. The molecule has 3 aromatic carbocycles. The Morgan fingerprint density at radius 1 is 0.724 bits per heavy atom. The van der Waals surface area contributed by atoms with Gasteiger partial charge in [0.1, 0.15) is 29.3 Å². The SMILES string of the molecule is CCC1(C[P+](c2ccccc2)(c2ccccc2)c2ccccc2)N=CC(C)=N1.[Br-]. The van der Waals surface area contributed by atoms with Gasteiger partial charge in [0.05, 0.1) is 5.71 Å². The number of hydrogen-bond acceptors (Lipinski definition) is 2. The van der Waals surface area contributed by atoms with Crippen LogP contribution in [-0.4, -0.2) is 23.8 Å². The van der Waals surface area contributed by atoms with Gasteiger partial charge >= 0.3 is 0 Å². The fourth-order valence-corrected chi connectivity index (χ4v) is 8.73. The standard InChI is InChI=1S/C25H26N2P.BrH/c1-3-25(26-19-21(2)27-25)20-28(22-13-7-4-8-14-22,23-15-9-5-10-16-23)24-17-11-6-12-18-24;/h4-19H,3,20H2,1-2H3;1H/q+1;/p-1. The summed E-state index contributed by atoms with van der Waals surface area (Å²) in [6.45, 7) is 4.25. The number of rotatable bonds is 6. The van der Waals surface area contributed by atoms with Crippen LogP contribution in [0.15, 0.2) is 101 Å². The highest BCUT2D eigenvalue weighted by molar-refractivity contribution is 7.95. The van der Waals surface area contributed by atoms with Gasteiger partial charge in [-0.15, -0.1) is 0 Å². The minimum absolute atomic E-state index is 0. The van der Waals surface area contributed by atoms with Crippen molar-refractivity contribution in [2.75, 3.05) is 6.16 Å². The van der Waals surface area contributed by atoms with E-state index in [1.807, 2.05) is 6.21 Å². The van der Waals surface area contributed by atoms with E-state index in [4.69, 9.17) is 9.98 Å². The molecule has 0 saturated carbocycles. The summed E-state index contributed by atoms with van der Waals surface area (Å²) in [7, 11) is -1.93. The van der Waals surface area contributed by atoms with Crippen molar-refractivity contribution >= 4 is 35.1 Å². The lowest BCUT2D eigenvalue weighted by atomic mass is 10.2. The van der Waals surface area contributed by atoms with Crippen LogP contribution in [0.3, 0.4) is 0 Å². The van der Waals surface area contributed by atoms with Crippen LogP contribution >= 0.6 is 7.26 Å². The smallest absolute Gasteiger partial charge is 0.184 e. The number of halogens is 1. The molecule has 0 N–H and O–H groups in total. The molecule has 1 aliphatic heterocycles. The van der Waals surface area contributed by atoms with Crippen molar-refractivity contribution in [1.29, 1.82) is 0 Å². The summed E-state index contributed by atoms with van der Waals surface area (Å²) in [5.41, 5.74) is 0.633. The van der Waals surface area contributed by atoms with E-state index >= 15 is 0 Å². The van der Waals surface area contributed by atoms with Crippen molar-refractivity contribution in [3.63, 3.8) is 0 Å². The lowest BCUT2D eigenvalue weighted by Gasteiger charge is -2.33. The molecular weight excluding hydrogens is 439 g/mol. The van der Waals surface area contributed by atoms with E-state index in [-0.39, 0.29) is 22.6 Å². The summed E-state index contributed by atoms with van der Waals surface area (Å²) in [5.74, 6) is 0. The Morgan fingerprint density at radius 2 is 1.14 bits per heavy atom. The van der Waals surface area contributed by atoms with Crippen molar-refractivity contribution in [1.82, 2.24) is 0 Å². The molecule has 4 heteroatoms. The molecule has 0 aromatic heterocycles. The van der Waals surface area contributed by atoms with E-state index in [1.165, 1.54) is 15.9 Å². The van der Waals surface area contributed by atoms with Crippen LogP contribution in [0.1, 0.15) is 20.3 Å². The summed E-state index contributed by atoms with van der Waals surface area (Å²) in [6, 6.07) is 32.9. The molecule has 1 atom stereocenters. The fourth-order valence-electron chi connectivity index (χ4n) is 4.11. The Bertz CT molecular complexity index is 890. The first kappa shape index (κ1) is 21.6. The normalized spacial score (nSPS) is 18.2. The van der Waals surface area contributed by atoms with Gasteiger partial charge in [-0.1, -0.05) is 61.5 Å². The highest BCUT2D eigenvalue weighted by atomic mass is 79.9. The van der Waals surface area contributed by atoms with E-state index < -0.39 is 7.26 Å². The van der Waals surface area contributed by atoms with E-state index in [9.17, 15) is 0 Å². The summed E-state index contributed by atoms with van der Waals surface area (Å²) in [5, 5.41) is 4.15. The third-order valence-corrected chi connectivity index (χ3v) is 10.0. The van der Waals surface area contributed by atoms with Crippen molar-refractivity contribution in [2.24, 2.45) is 9.98 Å². The van der Waals surface area contributed by atoms with Crippen LogP contribution in [-0.2, 0) is 0 Å². The average Bonchev–Trinajstić information content (AvgIpc) is 3.15. The monoisotopic (exact) mass is 464 g/mol. The zero-order valence-corrected chi connectivity index (χ0v) is 19.4. The molecule has 3 aromatic rings. The summed E-state index contributed by atoms with van der Waals surface area (Å²) < 4.78 is 0. The van der Waals surface area contributed by atoms with Gasteiger partial charge in [-0.2, -0.15) is 0 Å². The minimum atomic E-state index is -1.93. The number of aliphatic imine (C=N–C) groups is 2. The van der Waals surface area contributed by atoms with Gasteiger partial charge in [0.2, 0.25) is 0 Å². The lowest BCUT2D eigenvalue weighted by molar-refractivity contribution is -0.00000595. The molecular formula is C25H26BrN2P. The van der Waals surface area contributed by atoms with Crippen molar-refractivity contribution < 1.29 is 17.0 Å². The molecule has 1 heterocycles. The molecule has 148 valence electrons. The van der Waals surface area contributed by atoms with Crippen LogP contribution in [0, 0.1) is 0 Å². The third kappa shape index (κ3) is 4.13. The van der Waals surface area contributed by atoms with Crippen LogP contribution in [0.25, 0.3) is 0 Å². The first-order valence-corrected chi connectivity index (χ1v) is 11.8. The topological polar surface area (TPSA) is 24.7 Å². The first-order valence-electron chi connectivity index (χ1n) is 9.85. The number of benzene rings is 3. The summed E-state index contributed by atoms with van der Waals surface area (Å²) >= 11 is 0. The first-order chi connectivity index (χ1) is 13.7. The highest BCUT2D eigenvalue weighted by Crippen LogP contribution is 2.58. The van der Waals surface area contributed by atoms with Gasteiger partial charge < -0.3 is 17.0 Å². The molecule has 1 aliphatic rings. The number of nitrogens with zero attached hydrogens (tertiary/aromatic N) is 2. The summed E-state index contributed by atoms with van der Waals surface area (Å²) in [6.07, 6.45) is 3.75. The van der Waals surface area contributed by atoms with Gasteiger partial charge in [0.25, 0.3) is 0 Å². The maximum Gasteiger partial charge on any atom is 0.184 e. The lowest BCUT2D eigenvalue weighted by Crippen LogP contribution is -3.00. The second-order valence-electron chi connectivity index (χ2n) is 7.32. The predicted octanol–water partition coefficient (Wildman–Crippen LogP) is 1.64. The van der Waals surface area contributed by atoms with Gasteiger partial charge in [0, 0.05) is 6.21 Å². The third-order valence-electron chi connectivity index (χ3n) is 5.52. The Kier molecular flexibility index (Phi) is 6.82. The maximum atomic E-state index is 5.02. The largest absolute Gasteiger partial charge is 1.00 e. The molecule has 29 heavy (non-hydrogen) atoms. The Morgan fingerprint density at radius 3 is 1.45 bits per heavy atom. The quantitative estimate of drug-likeness (QED) is 0.495. The molecule has 4 rings (SSSR count). The molecule has 2 nitrogen and oxygen atoms in total. The molecule has 0 bridgehead atoms. The van der Waals surface area contributed by atoms with Gasteiger partial charge in [-0.3, -0.25) is 9.98 Å². The molecule has 0 radical (unpaired) electrons. The molecule has 1 unspecified atom stereocenters. The minimum Gasteiger partial charge on any atom is -1.00 e. The number of hydrogen-bond donors (Lipinski definition) is 0. The van der Waals surface area contributed by atoms with Crippen LogP contribution in [0.4, 0.5) is 0 Å². The molecule has 0 saturated heterocycles. The summed E-state index contributed by atoms with van der Waals surface area (Å²) in [4.78, 5) is 9.95. The molecule has 0 aliphatic carbocycles. The van der Waals surface area contributed by atoms with E-state index in [0.29, 0.717) is 0 Å².